The highest BCUT2D eigenvalue weighted by Gasteiger charge is 2.32. The highest BCUT2D eigenvalue weighted by atomic mass is 19.4. The number of aldehydes is 1. The first kappa shape index (κ1) is 29.6. The van der Waals surface area contributed by atoms with E-state index in [-0.39, 0.29) is 11.6 Å². The van der Waals surface area contributed by atoms with Crippen LogP contribution in [0.2, 0.25) is 0 Å². The van der Waals surface area contributed by atoms with E-state index in [1.54, 1.807) is 37.3 Å². The number of pyridine rings is 1. The molecule has 1 unspecified atom stereocenters. The molecule has 0 spiro atoms. The minimum atomic E-state index is -4.56. The molecule has 6 nitrogen and oxygen atoms in total. The molecule has 0 saturated carbocycles. The third-order valence-corrected chi connectivity index (χ3v) is 5.31. The summed E-state index contributed by atoms with van der Waals surface area (Å²) in [6.45, 7) is 4.17. The fraction of sp³-hybridized carbons (Fsp3) is 0.357. The van der Waals surface area contributed by atoms with Gasteiger partial charge in [0.25, 0.3) is 5.88 Å². The molecule has 1 heterocycles. The van der Waals surface area contributed by atoms with Crippen LogP contribution in [0.3, 0.4) is 0 Å². The van der Waals surface area contributed by atoms with Gasteiger partial charge in [0.1, 0.15) is 23.9 Å². The Hall–Kier alpha value is -3.59. The summed E-state index contributed by atoms with van der Waals surface area (Å²) in [6.07, 6.45) is -0.824. The van der Waals surface area contributed by atoms with Crippen molar-refractivity contribution >= 4 is 6.29 Å². The molecule has 0 amide bonds. The molecule has 1 N–H and O–H groups in total. The van der Waals surface area contributed by atoms with E-state index in [2.05, 4.69) is 4.98 Å². The number of aryl methyl sites for hydroxylation is 2. The minimum Gasteiger partial charge on any atom is -0.493 e. The zero-order valence-corrected chi connectivity index (χ0v) is 21.1. The van der Waals surface area contributed by atoms with Crippen LogP contribution in [0, 0.1) is 0 Å². The van der Waals surface area contributed by atoms with Crippen molar-refractivity contribution in [3.05, 3.63) is 77.5 Å². The second kappa shape index (κ2) is 14.8. The largest absolute Gasteiger partial charge is 0.493 e. The van der Waals surface area contributed by atoms with Crippen LogP contribution in [0.25, 0.3) is 0 Å². The van der Waals surface area contributed by atoms with Crippen molar-refractivity contribution in [2.45, 2.75) is 51.8 Å². The van der Waals surface area contributed by atoms with Crippen molar-refractivity contribution in [3.8, 4) is 23.1 Å². The molecule has 0 aliphatic carbocycles. The summed E-state index contributed by atoms with van der Waals surface area (Å²) in [7, 11) is 1.00. The van der Waals surface area contributed by atoms with Crippen LogP contribution >= 0.6 is 0 Å². The van der Waals surface area contributed by atoms with Crippen molar-refractivity contribution < 1.29 is 37.3 Å². The van der Waals surface area contributed by atoms with Crippen LogP contribution in [-0.2, 0) is 23.8 Å². The van der Waals surface area contributed by atoms with E-state index in [0.717, 1.165) is 43.2 Å². The van der Waals surface area contributed by atoms with Crippen molar-refractivity contribution in [1.82, 2.24) is 4.98 Å². The lowest BCUT2D eigenvalue weighted by molar-refractivity contribution is -0.138. The number of aliphatic hydroxyl groups excluding tert-OH is 1. The summed E-state index contributed by atoms with van der Waals surface area (Å²) in [5.41, 5.74) is 1.34. The summed E-state index contributed by atoms with van der Waals surface area (Å²) >= 11 is 0. The van der Waals surface area contributed by atoms with Gasteiger partial charge in [0.15, 0.2) is 5.75 Å². The molecular formula is C28H32F3NO5. The lowest BCUT2D eigenvalue weighted by Gasteiger charge is -2.18. The average molecular weight is 520 g/mol. The molecule has 0 radical (unpaired) electrons. The van der Waals surface area contributed by atoms with Crippen molar-refractivity contribution in [2.24, 2.45) is 0 Å². The Labute approximate surface area is 215 Å². The fourth-order valence-electron chi connectivity index (χ4n) is 3.44. The molecule has 9 heteroatoms. The maximum Gasteiger partial charge on any atom is 0.418 e. The average Bonchev–Trinajstić information content (AvgIpc) is 2.90. The van der Waals surface area contributed by atoms with E-state index >= 15 is 0 Å². The Morgan fingerprint density at radius 3 is 2.41 bits per heavy atom. The number of aromatic nitrogens is 1. The number of para-hydroxylation sites is 1. The number of hydrogen-bond acceptors (Lipinski definition) is 6. The number of carbonyl (C=O) groups is 1. The number of alkyl halides is 3. The van der Waals surface area contributed by atoms with Crippen molar-refractivity contribution in [2.75, 3.05) is 13.7 Å². The minimum absolute atomic E-state index is 0.0258. The lowest BCUT2D eigenvalue weighted by atomic mass is 10.0. The molecule has 1 atom stereocenters. The Bertz CT molecular complexity index is 1110. The topological polar surface area (TPSA) is 77.9 Å². The lowest BCUT2D eigenvalue weighted by Crippen LogP contribution is -2.17. The van der Waals surface area contributed by atoms with Gasteiger partial charge >= 0.3 is 6.18 Å². The van der Waals surface area contributed by atoms with Crippen LogP contribution in [-0.4, -0.2) is 36.2 Å². The van der Waals surface area contributed by atoms with Crippen LogP contribution in [0.5, 0.6) is 23.1 Å². The summed E-state index contributed by atoms with van der Waals surface area (Å²) in [5, 5.41) is 7.00. The standard InChI is InChI=1S/C27H28F3NO4.CH4O/c1-3-20-16-24(12-11-21(20)8-7-14-32)33-15-13-19(2)34-26-25(35-23-9-5-4-6-10-23)17-22(18-31-26)27(28,29)30;1-2/h4-6,9-12,14,16-19H,3,7-8,13,15H2,1-2H3;2H,1H3. The van der Waals surface area contributed by atoms with Crippen LogP contribution < -0.4 is 14.2 Å². The van der Waals surface area contributed by atoms with Crippen LogP contribution in [0.15, 0.2) is 60.8 Å². The van der Waals surface area contributed by atoms with Gasteiger partial charge in [-0.1, -0.05) is 31.2 Å². The molecule has 0 fully saturated rings. The van der Waals surface area contributed by atoms with Gasteiger partial charge in [-0.25, -0.2) is 4.98 Å². The van der Waals surface area contributed by atoms with E-state index < -0.39 is 17.8 Å². The first-order chi connectivity index (χ1) is 17.8. The van der Waals surface area contributed by atoms with E-state index in [9.17, 15) is 18.0 Å². The molecule has 0 aliphatic rings. The Morgan fingerprint density at radius 2 is 1.76 bits per heavy atom. The smallest absolute Gasteiger partial charge is 0.418 e. The number of ether oxygens (including phenoxy) is 3. The van der Waals surface area contributed by atoms with E-state index in [0.29, 0.717) is 37.4 Å². The highest BCUT2D eigenvalue weighted by Crippen LogP contribution is 2.37. The van der Waals surface area contributed by atoms with E-state index in [1.807, 2.05) is 25.1 Å². The number of benzene rings is 2. The SMILES string of the molecule is CCc1cc(OCCC(C)Oc2ncc(C(F)(F)F)cc2Oc2ccccc2)ccc1CCC=O.CO. The molecule has 0 bridgehead atoms. The molecule has 0 saturated heterocycles. The van der Waals surface area contributed by atoms with E-state index in [4.69, 9.17) is 19.3 Å². The van der Waals surface area contributed by atoms with Gasteiger partial charge in [0.05, 0.1) is 12.2 Å². The first-order valence-corrected chi connectivity index (χ1v) is 11.9. The predicted molar refractivity (Wildman–Crippen MR) is 134 cm³/mol. The van der Waals surface area contributed by atoms with Gasteiger partial charge in [-0.05, 0) is 55.2 Å². The normalized spacial score (nSPS) is 11.6. The van der Waals surface area contributed by atoms with Gasteiger partial charge in [0, 0.05) is 32.2 Å². The zero-order valence-electron chi connectivity index (χ0n) is 21.1. The Kier molecular flexibility index (Phi) is 11.9. The fourth-order valence-corrected chi connectivity index (χ4v) is 3.44. The monoisotopic (exact) mass is 519 g/mol. The second-order valence-corrected chi connectivity index (χ2v) is 8.00. The number of rotatable bonds is 12. The molecule has 3 rings (SSSR count). The van der Waals surface area contributed by atoms with Crippen molar-refractivity contribution in [1.29, 1.82) is 0 Å². The van der Waals surface area contributed by atoms with Crippen molar-refractivity contribution in [3.63, 3.8) is 0 Å². The maximum atomic E-state index is 13.2. The zero-order chi connectivity index (χ0) is 27.3. The molecule has 2 aromatic carbocycles. The Balaban J connectivity index is 0.00000235. The molecule has 37 heavy (non-hydrogen) atoms. The number of aliphatic hydroxyl groups is 1. The molecule has 200 valence electrons. The van der Waals surface area contributed by atoms with Crippen LogP contribution in [0.1, 0.15) is 43.4 Å². The first-order valence-electron chi connectivity index (χ1n) is 11.9. The van der Waals surface area contributed by atoms with Gasteiger partial charge in [-0.15, -0.1) is 0 Å². The summed E-state index contributed by atoms with van der Waals surface area (Å²) in [5.74, 6) is 0.946. The Morgan fingerprint density at radius 1 is 1.03 bits per heavy atom. The van der Waals surface area contributed by atoms with E-state index in [1.165, 1.54) is 0 Å². The highest BCUT2D eigenvalue weighted by molar-refractivity contribution is 5.50. The maximum absolute atomic E-state index is 13.2. The van der Waals surface area contributed by atoms with Crippen LogP contribution in [0.4, 0.5) is 13.2 Å². The molecule has 3 aromatic rings. The number of carbonyl (C=O) groups excluding carboxylic acids is 1. The molecule has 1 aromatic heterocycles. The quantitative estimate of drug-likeness (QED) is 0.278. The third kappa shape index (κ3) is 9.42. The number of nitrogens with zero attached hydrogens (tertiary/aromatic N) is 1. The summed E-state index contributed by atoms with van der Waals surface area (Å²) in [6, 6.07) is 15.2. The number of halogens is 3. The number of hydrogen-bond donors (Lipinski definition) is 1. The van der Waals surface area contributed by atoms with Gasteiger partial charge < -0.3 is 24.1 Å². The molecule has 0 aliphatic heterocycles. The second-order valence-electron chi connectivity index (χ2n) is 8.00. The summed E-state index contributed by atoms with van der Waals surface area (Å²) < 4.78 is 56.9. The molecular weight excluding hydrogens is 487 g/mol. The van der Waals surface area contributed by atoms with Gasteiger partial charge in [-0.2, -0.15) is 13.2 Å². The van der Waals surface area contributed by atoms with Gasteiger partial charge in [-0.3, -0.25) is 0 Å². The predicted octanol–water partition coefficient (Wildman–Crippen LogP) is 6.43. The third-order valence-electron chi connectivity index (χ3n) is 5.31. The summed E-state index contributed by atoms with van der Waals surface area (Å²) in [4.78, 5) is 14.5. The van der Waals surface area contributed by atoms with Gasteiger partial charge in [0.2, 0.25) is 0 Å².